The minimum absolute atomic E-state index is 0.0834. The molecule has 0 unspecified atom stereocenters. The zero-order chi connectivity index (χ0) is 14.0. The van der Waals surface area contributed by atoms with Gasteiger partial charge in [-0.15, -0.1) is 0 Å². The quantitative estimate of drug-likeness (QED) is 0.795. The van der Waals surface area contributed by atoms with Crippen LogP contribution < -0.4 is 11.1 Å². The molecule has 2 rings (SSSR count). The first-order valence-electron chi connectivity index (χ1n) is 5.99. The van der Waals surface area contributed by atoms with Crippen LogP contribution in [0.15, 0.2) is 36.4 Å². The van der Waals surface area contributed by atoms with Gasteiger partial charge in [-0.25, -0.2) is 8.78 Å². The summed E-state index contributed by atoms with van der Waals surface area (Å²) in [7, 11) is 0. The zero-order valence-corrected chi connectivity index (χ0v) is 10.9. The van der Waals surface area contributed by atoms with E-state index in [0.29, 0.717) is 11.4 Å². The predicted molar refractivity (Wildman–Crippen MR) is 75.0 cm³/mol. The Morgan fingerprint density at radius 2 is 1.68 bits per heavy atom. The molecule has 0 bridgehead atoms. The van der Waals surface area contributed by atoms with E-state index in [2.05, 4.69) is 5.32 Å². The number of anilines is 3. The van der Waals surface area contributed by atoms with Gasteiger partial charge in [0.05, 0.1) is 0 Å². The molecule has 0 spiro atoms. The van der Waals surface area contributed by atoms with Crippen LogP contribution in [-0.4, -0.2) is 0 Å². The Hall–Kier alpha value is -2.10. The molecule has 4 heteroatoms. The maximum Gasteiger partial charge on any atom is 0.265 e. The predicted octanol–water partition coefficient (Wildman–Crippen LogP) is 4.57. The van der Waals surface area contributed by atoms with Crippen LogP contribution in [0.5, 0.6) is 0 Å². The lowest BCUT2D eigenvalue weighted by Gasteiger charge is -2.14. The number of alkyl halides is 2. The molecule has 2 aromatic rings. The summed E-state index contributed by atoms with van der Waals surface area (Å²) in [5.41, 5.74) is 9.15. The van der Waals surface area contributed by atoms with Gasteiger partial charge >= 0.3 is 0 Å². The maximum absolute atomic E-state index is 13.0. The van der Waals surface area contributed by atoms with Gasteiger partial charge in [0.1, 0.15) is 0 Å². The molecular formula is C15H16F2N2. The summed E-state index contributed by atoms with van der Waals surface area (Å²) in [5, 5.41) is 3.04. The van der Waals surface area contributed by atoms with Gasteiger partial charge in [0, 0.05) is 22.6 Å². The number of nitrogen functional groups attached to an aromatic ring is 1. The number of rotatable bonds is 3. The largest absolute Gasteiger partial charge is 0.399 e. The SMILES string of the molecule is Cc1ccc(Nc2ccc(N)cc2C(F)F)c(C)c1. The average molecular weight is 262 g/mol. The first kappa shape index (κ1) is 13.3. The second-order valence-corrected chi connectivity index (χ2v) is 4.59. The van der Waals surface area contributed by atoms with Crippen LogP contribution in [-0.2, 0) is 0 Å². The molecule has 2 nitrogen and oxygen atoms in total. The Bertz CT molecular complexity index is 595. The van der Waals surface area contributed by atoms with Gasteiger partial charge in [0.25, 0.3) is 6.43 Å². The second-order valence-electron chi connectivity index (χ2n) is 4.59. The fourth-order valence-corrected chi connectivity index (χ4v) is 1.97. The molecule has 0 fully saturated rings. The van der Waals surface area contributed by atoms with Crippen molar-refractivity contribution in [3.8, 4) is 0 Å². The molecule has 100 valence electrons. The summed E-state index contributed by atoms with van der Waals surface area (Å²) in [6.07, 6.45) is -2.56. The smallest absolute Gasteiger partial charge is 0.265 e. The lowest BCUT2D eigenvalue weighted by molar-refractivity contribution is 0.152. The molecule has 2 aromatic carbocycles. The van der Waals surface area contributed by atoms with Gasteiger partial charge in [-0.2, -0.15) is 0 Å². The van der Waals surface area contributed by atoms with E-state index in [1.54, 1.807) is 12.1 Å². The van der Waals surface area contributed by atoms with Gasteiger partial charge in [-0.05, 0) is 43.7 Å². The van der Waals surface area contributed by atoms with E-state index in [-0.39, 0.29) is 5.56 Å². The van der Waals surface area contributed by atoms with Crippen molar-refractivity contribution in [1.82, 2.24) is 0 Å². The Morgan fingerprint density at radius 3 is 2.32 bits per heavy atom. The van der Waals surface area contributed by atoms with Crippen molar-refractivity contribution in [2.24, 2.45) is 0 Å². The van der Waals surface area contributed by atoms with Crippen molar-refractivity contribution in [3.05, 3.63) is 53.1 Å². The van der Waals surface area contributed by atoms with Crippen molar-refractivity contribution >= 4 is 17.1 Å². The van der Waals surface area contributed by atoms with Crippen LogP contribution in [0.2, 0.25) is 0 Å². The molecule has 0 aliphatic heterocycles. The molecule has 0 amide bonds. The fourth-order valence-electron chi connectivity index (χ4n) is 1.97. The summed E-state index contributed by atoms with van der Waals surface area (Å²) >= 11 is 0. The van der Waals surface area contributed by atoms with Crippen LogP contribution in [0.25, 0.3) is 0 Å². The lowest BCUT2D eigenvalue weighted by atomic mass is 10.1. The van der Waals surface area contributed by atoms with E-state index in [0.717, 1.165) is 16.8 Å². The van der Waals surface area contributed by atoms with E-state index in [4.69, 9.17) is 5.73 Å². The van der Waals surface area contributed by atoms with Crippen molar-refractivity contribution in [2.45, 2.75) is 20.3 Å². The number of aryl methyl sites for hydroxylation is 2. The molecule has 0 aromatic heterocycles. The number of hydrogen-bond donors (Lipinski definition) is 2. The number of hydrogen-bond acceptors (Lipinski definition) is 2. The average Bonchev–Trinajstić information content (AvgIpc) is 2.34. The van der Waals surface area contributed by atoms with E-state index in [9.17, 15) is 8.78 Å². The first-order valence-corrected chi connectivity index (χ1v) is 5.99. The van der Waals surface area contributed by atoms with E-state index >= 15 is 0 Å². The molecule has 0 heterocycles. The van der Waals surface area contributed by atoms with Crippen LogP contribution in [0.4, 0.5) is 25.8 Å². The molecular weight excluding hydrogens is 246 g/mol. The van der Waals surface area contributed by atoms with Gasteiger partial charge < -0.3 is 11.1 Å². The molecule has 19 heavy (non-hydrogen) atoms. The Balaban J connectivity index is 2.38. The monoisotopic (exact) mass is 262 g/mol. The topological polar surface area (TPSA) is 38.0 Å². The summed E-state index contributed by atoms with van der Waals surface area (Å²) in [5.74, 6) is 0. The summed E-state index contributed by atoms with van der Waals surface area (Å²) in [6, 6.07) is 10.3. The van der Waals surface area contributed by atoms with Gasteiger partial charge in [0.2, 0.25) is 0 Å². The highest BCUT2D eigenvalue weighted by molar-refractivity contribution is 5.68. The van der Waals surface area contributed by atoms with Crippen molar-refractivity contribution < 1.29 is 8.78 Å². The number of nitrogens with one attached hydrogen (secondary N) is 1. The molecule has 0 atom stereocenters. The maximum atomic E-state index is 13.0. The van der Waals surface area contributed by atoms with E-state index < -0.39 is 6.43 Å². The summed E-state index contributed by atoms with van der Waals surface area (Å²) < 4.78 is 26.0. The number of nitrogens with two attached hydrogens (primary N) is 1. The standard InChI is InChI=1S/C15H16F2N2/c1-9-3-5-13(10(2)7-9)19-14-6-4-11(18)8-12(14)15(16)17/h3-8,15,19H,18H2,1-2H3. The van der Waals surface area contributed by atoms with E-state index in [1.165, 1.54) is 6.07 Å². The highest BCUT2D eigenvalue weighted by Crippen LogP contribution is 2.32. The van der Waals surface area contributed by atoms with Crippen LogP contribution in [0.1, 0.15) is 23.1 Å². The van der Waals surface area contributed by atoms with Crippen LogP contribution in [0, 0.1) is 13.8 Å². The second kappa shape index (κ2) is 5.26. The third-order valence-corrected chi connectivity index (χ3v) is 2.96. The van der Waals surface area contributed by atoms with Gasteiger partial charge in [-0.3, -0.25) is 0 Å². The number of halogens is 2. The first-order chi connectivity index (χ1) is 8.97. The highest BCUT2D eigenvalue weighted by atomic mass is 19.3. The van der Waals surface area contributed by atoms with Crippen molar-refractivity contribution in [3.63, 3.8) is 0 Å². The van der Waals surface area contributed by atoms with Gasteiger partial charge in [0.15, 0.2) is 0 Å². The number of benzene rings is 2. The molecule has 3 N–H and O–H groups in total. The summed E-state index contributed by atoms with van der Waals surface area (Å²) in [4.78, 5) is 0. The van der Waals surface area contributed by atoms with Crippen molar-refractivity contribution in [2.75, 3.05) is 11.1 Å². The third-order valence-electron chi connectivity index (χ3n) is 2.96. The molecule has 0 saturated carbocycles. The van der Waals surface area contributed by atoms with Crippen LogP contribution >= 0.6 is 0 Å². The minimum atomic E-state index is -2.56. The summed E-state index contributed by atoms with van der Waals surface area (Å²) in [6.45, 7) is 3.93. The zero-order valence-electron chi connectivity index (χ0n) is 10.9. The van der Waals surface area contributed by atoms with Crippen molar-refractivity contribution in [1.29, 1.82) is 0 Å². The molecule has 0 saturated heterocycles. The third kappa shape index (κ3) is 3.02. The van der Waals surface area contributed by atoms with Gasteiger partial charge in [-0.1, -0.05) is 17.7 Å². The molecule has 0 aliphatic carbocycles. The Labute approximate surface area is 111 Å². The molecule has 0 aliphatic rings. The van der Waals surface area contributed by atoms with E-state index in [1.807, 2.05) is 32.0 Å². The Morgan fingerprint density at radius 1 is 1.00 bits per heavy atom. The lowest BCUT2D eigenvalue weighted by Crippen LogP contribution is -2.00. The molecule has 0 radical (unpaired) electrons. The van der Waals surface area contributed by atoms with Crippen LogP contribution in [0.3, 0.4) is 0 Å². The normalized spacial score (nSPS) is 10.8. The Kier molecular flexibility index (Phi) is 3.69. The fraction of sp³-hybridized carbons (Fsp3) is 0.200. The highest BCUT2D eigenvalue weighted by Gasteiger charge is 2.14. The minimum Gasteiger partial charge on any atom is -0.399 e.